The Morgan fingerprint density at radius 1 is 0.253 bits per heavy atom. The summed E-state index contributed by atoms with van der Waals surface area (Å²) in [5, 5.41) is 0. The molecule has 0 saturated carbocycles. The van der Waals surface area contributed by atoms with Crippen molar-refractivity contribution < 1.29 is 28.6 Å². The molecule has 0 bridgehead atoms. The van der Waals surface area contributed by atoms with E-state index in [1.165, 1.54) is 116 Å². The van der Waals surface area contributed by atoms with Crippen molar-refractivity contribution in [3.05, 3.63) is 146 Å². The van der Waals surface area contributed by atoms with Crippen molar-refractivity contribution in [1.82, 2.24) is 0 Å². The Bertz CT molecular complexity index is 1800. The molecule has 0 N–H and O–H groups in total. The van der Waals surface area contributed by atoms with E-state index in [1.54, 1.807) is 0 Å². The Labute approximate surface area is 512 Å². The summed E-state index contributed by atoms with van der Waals surface area (Å²) < 4.78 is 16.8. The fourth-order valence-electron chi connectivity index (χ4n) is 9.27. The maximum atomic E-state index is 12.9. The third-order valence-electron chi connectivity index (χ3n) is 14.3. The van der Waals surface area contributed by atoms with Gasteiger partial charge in [-0.1, -0.05) is 308 Å². The number of hydrogen-bond acceptors (Lipinski definition) is 6. The van der Waals surface area contributed by atoms with Crippen molar-refractivity contribution in [3.8, 4) is 0 Å². The first-order chi connectivity index (χ1) is 41.0. The number of carbonyl (C=O) groups excluding carboxylic acids is 3. The van der Waals surface area contributed by atoms with Gasteiger partial charge in [0, 0.05) is 19.3 Å². The van der Waals surface area contributed by atoms with Gasteiger partial charge in [-0.15, -0.1) is 0 Å². The lowest BCUT2D eigenvalue weighted by Gasteiger charge is -2.18. The van der Waals surface area contributed by atoms with Crippen molar-refractivity contribution in [3.63, 3.8) is 0 Å². The first kappa shape index (κ1) is 78.3. The molecule has 0 aromatic heterocycles. The topological polar surface area (TPSA) is 78.9 Å². The SMILES string of the molecule is CC/C=C\C/C=C\C/C=C\C/C=C\C/C=C\C/C=C\CCCCCCCCCCCCCCCCCCC(=O)OCC(COC(=O)CCCCCCCCC)OC(=O)CCCCCC/C=C\C/C=C\C/C=C\C/C=C\C/C=C\C/C=C\CC. The molecule has 0 aliphatic rings. The Hall–Kier alpha value is -4.71. The summed E-state index contributed by atoms with van der Waals surface area (Å²) >= 11 is 0. The predicted octanol–water partition coefficient (Wildman–Crippen LogP) is 23.9. The van der Waals surface area contributed by atoms with Crippen LogP contribution in [-0.2, 0) is 28.6 Å². The molecule has 0 aliphatic carbocycles. The van der Waals surface area contributed by atoms with Crippen LogP contribution < -0.4 is 0 Å². The van der Waals surface area contributed by atoms with E-state index in [2.05, 4.69) is 167 Å². The molecule has 0 amide bonds. The molecule has 0 aliphatic heterocycles. The fourth-order valence-corrected chi connectivity index (χ4v) is 9.27. The number of carbonyl (C=O) groups is 3. The van der Waals surface area contributed by atoms with Gasteiger partial charge in [0.05, 0.1) is 0 Å². The number of hydrogen-bond donors (Lipinski definition) is 0. The molecule has 6 heteroatoms. The first-order valence-electron chi connectivity index (χ1n) is 34.3. The van der Waals surface area contributed by atoms with Crippen LogP contribution in [0.3, 0.4) is 0 Å². The molecular weight excluding hydrogens is 1020 g/mol. The van der Waals surface area contributed by atoms with Crippen molar-refractivity contribution in [1.29, 1.82) is 0 Å². The normalized spacial score (nSPS) is 13.0. The monoisotopic (exact) mass is 1150 g/mol. The zero-order valence-electron chi connectivity index (χ0n) is 53.9. The third kappa shape index (κ3) is 68.0. The van der Waals surface area contributed by atoms with Crippen molar-refractivity contribution in [2.75, 3.05) is 13.2 Å². The molecule has 0 saturated heterocycles. The highest BCUT2D eigenvalue weighted by atomic mass is 16.6. The minimum Gasteiger partial charge on any atom is -0.462 e. The van der Waals surface area contributed by atoms with Crippen LogP contribution in [0, 0.1) is 0 Å². The quantitative estimate of drug-likeness (QED) is 0.0261. The standard InChI is InChI=1S/C77H126O6/c1-4-7-10-13-16-18-20-22-24-26-28-30-32-33-34-35-36-37-38-39-40-41-42-43-45-46-48-50-52-54-56-58-61-64-67-70-76(79)82-73-74(72-81-75(78)69-66-63-60-15-12-9-6-3)83-77(80)71-68-65-62-59-57-55-53-51-49-47-44-31-29-27-25-23-21-19-17-14-11-8-5-2/h7-8,10-11,16-19,22-25,28-31,33-34,36-37,47,49,53,55,74H,4-6,9,12-15,20-21,26-27,32,35,38-46,48,50-52,54,56-73H2,1-3H3/b10-7-,11-8-,18-16-,19-17-,24-22-,25-23-,30-28-,31-29-,34-33-,37-36-,49-47-,55-53-. The van der Waals surface area contributed by atoms with Crippen LogP contribution in [0.25, 0.3) is 0 Å². The number of unbranched alkanes of at least 4 members (excludes halogenated alkanes) is 26. The number of ether oxygens (including phenoxy) is 3. The van der Waals surface area contributed by atoms with E-state index in [4.69, 9.17) is 14.2 Å². The summed E-state index contributed by atoms with van der Waals surface area (Å²) in [6.45, 7) is 6.36. The number of allylic oxidation sites excluding steroid dienone is 24. The molecular formula is C77H126O6. The maximum Gasteiger partial charge on any atom is 0.306 e. The summed E-state index contributed by atoms with van der Waals surface area (Å²) in [7, 11) is 0. The van der Waals surface area contributed by atoms with Gasteiger partial charge >= 0.3 is 17.9 Å². The molecule has 0 heterocycles. The first-order valence-corrected chi connectivity index (χ1v) is 34.3. The van der Waals surface area contributed by atoms with Crippen LogP contribution in [-0.4, -0.2) is 37.2 Å². The smallest absolute Gasteiger partial charge is 0.306 e. The Morgan fingerprint density at radius 3 is 0.735 bits per heavy atom. The molecule has 6 nitrogen and oxygen atoms in total. The molecule has 0 fully saturated rings. The van der Waals surface area contributed by atoms with E-state index in [0.29, 0.717) is 19.3 Å². The fraction of sp³-hybridized carbons (Fsp3) is 0.649. The largest absolute Gasteiger partial charge is 0.462 e. The Balaban J connectivity index is 4.11. The molecule has 1 atom stereocenters. The van der Waals surface area contributed by atoms with Crippen molar-refractivity contribution in [2.45, 2.75) is 309 Å². The molecule has 0 spiro atoms. The van der Waals surface area contributed by atoms with Crippen molar-refractivity contribution >= 4 is 17.9 Å². The second-order valence-corrected chi connectivity index (χ2v) is 22.3. The van der Waals surface area contributed by atoms with Crippen LogP contribution in [0.15, 0.2) is 146 Å². The molecule has 1 unspecified atom stereocenters. The van der Waals surface area contributed by atoms with Gasteiger partial charge in [0.15, 0.2) is 6.10 Å². The van der Waals surface area contributed by atoms with Gasteiger partial charge in [-0.05, 0) is 122 Å². The predicted molar refractivity (Wildman–Crippen MR) is 362 cm³/mol. The summed E-state index contributed by atoms with van der Waals surface area (Å²) in [6.07, 6.45) is 100. The van der Waals surface area contributed by atoms with Gasteiger partial charge in [0.2, 0.25) is 0 Å². The molecule has 0 aromatic carbocycles. The summed E-state index contributed by atoms with van der Waals surface area (Å²) in [6, 6.07) is 0. The average Bonchev–Trinajstić information content (AvgIpc) is 3.49. The maximum absolute atomic E-state index is 12.9. The molecule has 0 rings (SSSR count). The van der Waals surface area contributed by atoms with Crippen LogP contribution in [0.5, 0.6) is 0 Å². The van der Waals surface area contributed by atoms with Gasteiger partial charge < -0.3 is 14.2 Å². The van der Waals surface area contributed by atoms with E-state index in [0.717, 1.165) is 148 Å². The van der Waals surface area contributed by atoms with E-state index in [1.807, 2.05) is 0 Å². The van der Waals surface area contributed by atoms with Gasteiger partial charge in [0.25, 0.3) is 0 Å². The van der Waals surface area contributed by atoms with Crippen LogP contribution in [0.4, 0.5) is 0 Å². The Morgan fingerprint density at radius 2 is 0.470 bits per heavy atom. The molecule has 0 radical (unpaired) electrons. The van der Waals surface area contributed by atoms with Gasteiger partial charge in [-0.25, -0.2) is 0 Å². The zero-order valence-corrected chi connectivity index (χ0v) is 53.9. The van der Waals surface area contributed by atoms with Crippen LogP contribution in [0.1, 0.15) is 303 Å². The minimum atomic E-state index is -0.793. The van der Waals surface area contributed by atoms with E-state index in [9.17, 15) is 14.4 Å². The van der Waals surface area contributed by atoms with E-state index >= 15 is 0 Å². The van der Waals surface area contributed by atoms with Gasteiger partial charge in [0.1, 0.15) is 13.2 Å². The second kappa shape index (κ2) is 69.8. The van der Waals surface area contributed by atoms with Crippen LogP contribution >= 0.6 is 0 Å². The van der Waals surface area contributed by atoms with Crippen molar-refractivity contribution in [2.24, 2.45) is 0 Å². The average molecular weight is 1150 g/mol. The third-order valence-corrected chi connectivity index (χ3v) is 14.3. The molecule has 83 heavy (non-hydrogen) atoms. The number of esters is 3. The summed E-state index contributed by atoms with van der Waals surface area (Å²) in [5.41, 5.74) is 0. The van der Waals surface area contributed by atoms with E-state index in [-0.39, 0.29) is 31.1 Å². The highest BCUT2D eigenvalue weighted by molar-refractivity contribution is 5.71. The van der Waals surface area contributed by atoms with E-state index < -0.39 is 6.10 Å². The summed E-state index contributed by atoms with van der Waals surface area (Å²) in [4.78, 5) is 38.1. The molecule has 0 aromatic rings. The highest BCUT2D eigenvalue weighted by Crippen LogP contribution is 2.16. The summed E-state index contributed by atoms with van der Waals surface area (Å²) in [5.74, 6) is -0.917. The van der Waals surface area contributed by atoms with Crippen LogP contribution in [0.2, 0.25) is 0 Å². The minimum absolute atomic E-state index is 0.0897. The Kier molecular flexibility index (Phi) is 65.8. The zero-order chi connectivity index (χ0) is 59.9. The lowest BCUT2D eigenvalue weighted by Crippen LogP contribution is -2.30. The highest BCUT2D eigenvalue weighted by Gasteiger charge is 2.19. The lowest BCUT2D eigenvalue weighted by atomic mass is 10.0. The molecule has 470 valence electrons. The second-order valence-electron chi connectivity index (χ2n) is 22.3. The number of rotatable bonds is 61. The lowest BCUT2D eigenvalue weighted by molar-refractivity contribution is -0.167. The van der Waals surface area contributed by atoms with Gasteiger partial charge in [-0.3, -0.25) is 14.4 Å². The van der Waals surface area contributed by atoms with Gasteiger partial charge in [-0.2, -0.15) is 0 Å².